The Labute approximate surface area is 152 Å². The zero-order chi connectivity index (χ0) is 18.5. The molecule has 1 fully saturated rings. The number of hydrogen-bond donors (Lipinski definition) is 2. The van der Waals surface area contributed by atoms with Crippen molar-refractivity contribution in [1.82, 2.24) is 0 Å². The average Bonchev–Trinajstić information content (AvgIpc) is 2.68. The number of amides is 2. The van der Waals surface area contributed by atoms with Gasteiger partial charge in [0.25, 0.3) is 11.8 Å². The van der Waals surface area contributed by atoms with E-state index in [9.17, 15) is 9.59 Å². The lowest BCUT2D eigenvalue weighted by molar-refractivity contribution is 0.100. The van der Waals surface area contributed by atoms with Crippen molar-refractivity contribution in [3.8, 4) is 5.75 Å². The van der Waals surface area contributed by atoms with Crippen LogP contribution in [-0.4, -0.2) is 32.0 Å². The highest BCUT2D eigenvalue weighted by atomic mass is 16.5. The van der Waals surface area contributed by atoms with Gasteiger partial charge in [-0.2, -0.15) is 0 Å². The van der Waals surface area contributed by atoms with Crippen molar-refractivity contribution in [2.75, 3.05) is 30.4 Å². The van der Waals surface area contributed by atoms with Crippen LogP contribution in [-0.2, 0) is 0 Å². The first-order chi connectivity index (χ1) is 12.6. The van der Waals surface area contributed by atoms with Gasteiger partial charge in [-0.1, -0.05) is 6.07 Å². The third-order valence-corrected chi connectivity index (χ3v) is 4.57. The van der Waals surface area contributed by atoms with Gasteiger partial charge < -0.3 is 20.7 Å². The predicted molar refractivity (Wildman–Crippen MR) is 102 cm³/mol. The minimum absolute atomic E-state index is 0.310. The summed E-state index contributed by atoms with van der Waals surface area (Å²) in [5, 5.41) is 2.78. The van der Waals surface area contributed by atoms with Crippen molar-refractivity contribution < 1.29 is 14.3 Å². The van der Waals surface area contributed by atoms with Crippen LogP contribution in [0.25, 0.3) is 0 Å². The van der Waals surface area contributed by atoms with Gasteiger partial charge in [-0.05, 0) is 55.7 Å². The molecule has 3 N–H and O–H groups in total. The molecule has 0 unspecified atom stereocenters. The summed E-state index contributed by atoms with van der Waals surface area (Å²) in [5.41, 5.74) is 7.66. The molecule has 0 saturated carbocycles. The smallest absolute Gasteiger partial charge is 0.255 e. The Morgan fingerprint density at radius 1 is 1.08 bits per heavy atom. The highest BCUT2D eigenvalue weighted by molar-refractivity contribution is 6.09. The molecule has 6 heteroatoms. The molecule has 0 atom stereocenters. The summed E-state index contributed by atoms with van der Waals surface area (Å²) >= 11 is 0. The molecule has 0 spiro atoms. The Kier molecular flexibility index (Phi) is 5.41. The maximum absolute atomic E-state index is 12.5. The van der Waals surface area contributed by atoms with Crippen LogP contribution in [0.4, 0.5) is 11.4 Å². The lowest BCUT2D eigenvalue weighted by Gasteiger charge is -2.29. The Balaban J connectivity index is 1.84. The number of nitrogens with one attached hydrogen (secondary N) is 1. The van der Waals surface area contributed by atoms with E-state index in [0.717, 1.165) is 31.6 Å². The lowest BCUT2D eigenvalue weighted by Crippen LogP contribution is -2.29. The molecule has 0 aromatic heterocycles. The minimum atomic E-state index is -0.565. The van der Waals surface area contributed by atoms with Crippen LogP contribution in [0.3, 0.4) is 0 Å². The van der Waals surface area contributed by atoms with Gasteiger partial charge in [-0.15, -0.1) is 0 Å². The summed E-state index contributed by atoms with van der Waals surface area (Å²) in [4.78, 5) is 26.7. The zero-order valence-electron chi connectivity index (χ0n) is 14.8. The molecule has 3 rings (SSSR count). The SMILES string of the molecule is COc1cccc(C(=O)Nc2ccc(N3CCCCC3)cc2C(N)=O)c1. The van der Waals surface area contributed by atoms with E-state index in [-0.39, 0.29) is 5.91 Å². The van der Waals surface area contributed by atoms with Gasteiger partial charge in [-0.3, -0.25) is 9.59 Å². The Morgan fingerprint density at radius 2 is 1.85 bits per heavy atom. The Hall–Kier alpha value is -3.02. The molecule has 1 aliphatic heterocycles. The molecule has 0 aliphatic carbocycles. The molecule has 2 aromatic carbocycles. The number of rotatable bonds is 5. The van der Waals surface area contributed by atoms with Crippen molar-refractivity contribution in [2.45, 2.75) is 19.3 Å². The number of methoxy groups -OCH3 is 1. The summed E-state index contributed by atoms with van der Waals surface area (Å²) in [6, 6.07) is 12.2. The van der Waals surface area contributed by atoms with Gasteiger partial charge >= 0.3 is 0 Å². The van der Waals surface area contributed by atoms with Crippen LogP contribution in [0.15, 0.2) is 42.5 Å². The first-order valence-electron chi connectivity index (χ1n) is 8.72. The molecule has 1 heterocycles. The summed E-state index contributed by atoms with van der Waals surface area (Å²) in [6.07, 6.45) is 3.51. The summed E-state index contributed by atoms with van der Waals surface area (Å²) < 4.78 is 5.14. The highest BCUT2D eigenvalue weighted by Crippen LogP contribution is 2.26. The molecular weight excluding hydrogens is 330 g/mol. The number of primary amides is 1. The van der Waals surface area contributed by atoms with E-state index in [4.69, 9.17) is 10.5 Å². The third-order valence-electron chi connectivity index (χ3n) is 4.57. The molecule has 2 amide bonds. The van der Waals surface area contributed by atoms with Crippen molar-refractivity contribution in [1.29, 1.82) is 0 Å². The van der Waals surface area contributed by atoms with E-state index in [1.54, 1.807) is 43.5 Å². The topological polar surface area (TPSA) is 84.7 Å². The fourth-order valence-corrected chi connectivity index (χ4v) is 3.15. The van der Waals surface area contributed by atoms with Gasteiger partial charge in [0.15, 0.2) is 0 Å². The fraction of sp³-hybridized carbons (Fsp3) is 0.300. The maximum atomic E-state index is 12.5. The quantitative estimate of drug-likeness (QED) is 0.865. The van der Waals surface area contributed by atoms with Gasteiger partial charge in [0.2, 0.25) is 0 Å². The maximum Gasteiger partial charge on any atom is 0.255 e. The molecular formula is C20H23N3O3. The number of carbonyl (C=O) groups is 2. The van der Waals surface area contributed by atoms with Crippen LogP contribution >= 0.6 is 0 Å². The number of anilines is 2. The monoisotopic (exact) mass is 353 g/mol. The van der Waals surface area contributed by atoms with Crippen molar-refractivity contribution in [3.63, 3.8) is 0 Å². The second kappa shape index (κ2) is 7.91. The summed E-state index contributed by atoms with van der Waals surface area (Å²) in [7, 11) is 1.54. The van der Waals surface area contributed by atoms with E-state index in [1.807, 2.05) is 6.07 Å². The average molecular weight is 353 g/mol. The molecule has 0 radical (unpaired) electrons. The number of piperidine rings is 1. The van der Waals surface area contributed by atoms with Crippen LogP contribution in [0.5, 0.6) is 5.75 Å². The summed E-state index contributed by atoms with van der Waals surface area (Å²) in [5.74, 6) is -0.296. The number of nitrogens with two attached hydrogens (primary N) is 1. The van der Waals surface area contributed by atoms with Crippen molar-refractivity contribution in [3.05, 3.63) is 53.6 Å². The first-order valence-corrected chi connectivity index (χ1v) is 8.72. The van der Waals surface area contributed by atoms with E-state index in [2.05, 4.69) is 10.2 Å². The van der Waals surface area contributed by atoms with Gasteiger partial charge in [0, 0.05) is 24.3 Å². The number of benzene rings is 2. The van der Waals surface area contributed by atoms with Gasteiger partial charge in [-0.25, -0.2) is 0 Å². The Bertz CT molecular complexity index is 814. The van der Waals surface area contributed by atoms with Gasteiger partial charge in [0.1, 0.15) is 5.75 Å². The summed E-state index contributed by atoms with van der Waals surface area (Å²) in [6.45, 7) is 1.93. The zero-order valence-corrected chi connectivity index (χ0v) is 14.8. The number of carbonyl (C=O) groups excluding carboxylic acids is 2. The number of hydrogen-bond acceptors (Lipinski definition) is 4. The Morgan fingerprint density at radius 3 is 2.54 bits per heavy atom. The van der Waals surface area contributed by atoms with Gasteiger partial charge in [0.05, 0.1) is 18.4 Å². The third kappa shape index (κ3) is 3.96. The van der Waals surface area contributed by atoms with E-state index in [0.29, 0.717) is 22.6 Å². The van der Waals surface area contributed by atoms with Crippen LogP contribution in [0.2, 0.25) is 0 Å². The molecule has 2 aromatic rings. The van der Waals surface area contributed by atoms with Crippen molar-refractivity contribution in [2.24, 2.45) is 5.73 Å². The van der Waals surface area contributed by atoms with Crippen LogP contribution in [0.1, 0.15) is 40.0 Å². The van der Waals surface area contributed by atoms with Crippen molar-refractivity contribution >= 4 is 23.2 Å². The van der Waals surface area contributed by atoms with E-state index < -0.39 is 5.91 Å². The lowest BCUT2D eigenvalue weighted by atomic mass is 10.1. The largest absolute Gasteiger partial charge is 0.497 e. The second-order valence-corrected chi connectivity index (χ2v) is 6.33. The van der Waals surface area contributed by atoms with E-state index in [1.165, 1.54) is 6.42 Å². The molecule has 6 nitrogen and oxygen atoms in total. The molecule has 1 aliphatic rings. The molecule has 136 valence electrons. The molecule has 0 bridgehead atoms. The fourth-order valence-electron chi connectivity index (χ4n) is 3.15. The predicted octanol–water partition coefficient (Wildman–Crippen LogP) is 3.04. The first kappa shape index (κ1) is 17.8. The number of ether oxygens (including phenoxy) is 1. The second-order valence-electron chi connectivity index (χ2n) is 6.33. The van der Waals surface area contributed by atoms with E-state index >= 15 is 0 Å². The minimum Gasteiger partial charge on any atom is -0.497 e. The van der Waals surface area contributed by atoms with Crippen LogP contribution < -0.4 is 20.7 Å². The molecule has 1 saturated heterocycles. The van der Waals surface area contributed by atoms with Crippen LogP contribution in [0, 0.1) is 0 Å². The highest BCUT2D eigenvalue weighted by Gasteiger charge is 2.17. The molecule has 26 heavy (non-hydrogen) atoms. The number of nitrogens with zero attached hydrogens (tertiary/aromatic N) is 1. The standard InChI is InChI=1S/C20H23N3O3/c1-26-16-7-5-6-14(12-16)20(25)22-18-9-8-15(13-17(18)19(21)24)23-10-3-2-4-11-23/h5-9,12-13H,2-4,10-11H2,1H3,(H2,21,24)(H,22,25). The normalized spacial score (nSPS) is 14.0.